The van der Waals surface area contributed by atoms with Gasteiger partial charge in [0.1, 0.15) is 5.82 Å². The Kier molecular flexibility index (Phi) is 6.01. The predicted octanol–water partition coefficient (Wildman–Crippen LogP) is 3.66. The summed E-state index contributed by atoms with van der Waals surface area (Å²) in [6.45, 7) is 2.39. The van der Waals surface area contributed by atoms with E-state index in [-0.39, 0.29) is 17.3 Å². The highest BCUT2D eigenvalue weighted by atomic mass is 19.1. The van der Waals surface area contributed by atoms with Gasteiger partial charge in [-0.1, -0.05) is 18.2 Å². The van der Waals surface area contributed by atoms with E-state index in [0.29, 0.717) is 18.5 Å². The van der Waals surface area contributed by atoms with Gasteiger partial charge in [-0.25, -0.2) is 4.39 Å². The van der Waals surface area contributed by atoms with Crippen molar-refractivity contribution in [2.75, 3.05) is 6.54 Å². The van der Waals surface area contributed by atoms with Gasteiger partial charge in [-0.3, -0.25) is 9.59 Å². The maximum absolute atomic E-state index is 12.9. The number of hydrogen-bond donors (Lipinski definition) is 2. The van der Waals surface area contributed by atoms with E-state index in [2.05, 4.69) is 10.3 Å². The highest BCUT2D eigenvalue weighted by Crippen LogP contribution is 2.14. The van der Waals surface area contributed by atoms with E-state index in [1.165, 1.54) is 12.1 Å². The van der Waals surface area contributed by atoms with Crippen molar-refractivity contribution in [1.29, 1.82) is 0 Å². The SMILES string of the molecule is Cc1cc2cc(CC(=O)NCCCCc3ccc(F)cc3)ccc2[nH]c1=O. The van der Waals surface area contributed by atoms with Crippen LogP contribution in [0.15, 0.2) is 53.3 Å². The molecule has 1 heterocycles. The number of pyridine rings is 1. The third kappa shape index (κ3) is 5.26. The fourth-order valence-electron chi connectivity index (χ4n) is 3.06. The Labute approximate surface area is 157 Å². The van der Waals surface area contributed by atoms with E-state index in [9.17, 15) is 14.0 Å². The summed E-state index contributed by atoms with van der Waals surface area (Å²) >= 11 is 0. The number of halogens is 1. The van der Waals surface area contributed by atoms with E-state index in [4.69, 9.17) is 0 Å². The van der Waals surface area contributed by atoms with Gasteiger partial charge in [-0.2, -0.15) is 0 Å². The maximum Gasteiger partial charge on any atom is 0.251 e. The van der Waals surface area contributed by atoms with Crippen molar-refractivity contribution in [2.24, 2.45) is 0 Å². The molecule has 0 fully saturated rings. The molecule has 4 nitrogen and oxygen atoms in total. The molecule has 0 saturated heterocycles. The number of aromatic nitrogens is 1. The molecule has 2 aromatic carbocycles. The molecule has 0 saturated carbocycles. The molecule has 2 N–H and O–H groups in total. The molecule has 0 aliphatic heterocycles. The molecule has 0 atom stereocenters. The van der Waals surface area contributed by atoms with Crippen molar-refractivity contribution in [2.45, 2.75) is 32.6 Å². The Balaban J connectivity index is 1.45. The second-order valence-electron chi connectivity index (χ2n) is 6.81. The summed E-state index contributed by atoms with van der Waals surface area (Å²) in [5, 5.41) is 3.87. The number of carbonyl (C=O) groups is 1. The van der Waals surface area contributed by atoms with Crippen molar-refractivity contribution in [1.82, 2.24) is 10.3 Å². The molecule has 3 aromatic rings. The van der Waals surface area contributed by atoms with E-state index in [0.717, 1.165) is 41.3 Å². The van der Waals surface area contributed by atoms with Gasteiger partial charge in [0, 0.05) is 17.6 Å². The summed E-state index contributed by atoms with van der Waals surface area (Å²) in [7, 11) is 0. The fourth-order valence-corrected chi connectivity index (χ4v) is 3.06. The fraction of sp³-hybridized carbons (Fsp3) is 0.273. The smallest absolute Gasteiger partial charge is 0.251 e. The number of aryl methyl sites for hydroxylation is 2. The monoisotopic (exact) mass is 366 g/mol. The summed E-state index contributed by atoms with van der Waals surface area (Å²) in [6, 6.07) is 14.0. The van der Waals surface area contributed by atoms with Crippen LogP contribution < -0.4 is 10.9 Å². The van der Waals surface area contributed by atoms with Gasteiger partial charge in [0.25, 0.3) is 5.56 Å². The molecular weight excluding hydrogens is 343 g/mol. The molecule has 1 aromatic heterocycles. The summed E-state index contributed by atoms with van der Waals surface area (Å²) < 4.78 is 12.9. The summed E-state index contributed by atoms with van der Waals surface area (Å²) in [4.78, 5) is 26.6. The number of hydrogen-bond acceptors (Lipinski definition) is 2. The lowest BCUT2D eigenvalue weighted by atomic mass is 10.1. The van der Waals surface area contributed by atoms with E-state index in [1.54, 1.807) is 19.1 Å². The van der Waals surface area contributed by atoms with Crippen molar-refractivity contribution >= 4 is 16.8 Å². The molecule has 0 bridgehead atoms. The van der Waals surface area contributed by atoms with Gasteiger partial charge < -0.3 is 10.3 Å². The van der Waals surface area contributed by atoms with Gasteiger partial charge in [-0.15, -0.1) is 0 Å². The Morgan fingerprint density at radius 1 is 1.04 bits per heavy atom. The van der Waals surface area contributed by atoms with Crippen LogP contribution in [0.3, 0.4) is 0 Å². The van der Waals surface area contributed by atoms with E-state index >= 15 is 0 Å². The number of unbranched alkanes of at least 4 members (excludes halogenated alkanes) is 1. The number of carbonyl (C=O) groups excluding carboxylic acids is 1. The first-order chi connectivity index (χ1) is 13.0. The van der Waals surface area contributed by atoms with Crippen LogP contribution in [0.25, 0.3) is 10.9 Å². The minimum Gasteiger partial charge on any atom is -0.356 e. The van der Waals surface area contributed by atoms with Crippen molar-refractivity contribution < 1.29 is 9.18 Å². The first kappa shape index (κ1) is 18.8. The van der Waals surface area contributed by atoms with Gasteiger partial charge >= 0.3 is 0 Å². The average molecular weight is 366 g/mol. The highest BCUT2D eigenvalue weighted by molar-refractivity contribution is 5.83. The lowest BCUT2D eigenvalue weighted by Crippen LogP contribution is -2.26. The molecule has 0 radical (unpaired) electrons. The summed E-state index contributed by atoms with van der Waals surface area (Å²) in [5.74, 6) is -0.237. The molecule has 27 heavy (non-hydrogen) atoms. The van der Waals surface area contributed by atoms with Gasteiger partial charge in [0.15, 0.2) is 0 Å². The van der Waals surface area contributed by atoms with Crippen LogP contribution in [-0.4, -0.2) is 17.4 Å². The minimum absolute atomic E-state index is 0.0164. The number of fused-ring (bicyclic) bond motifs is 1. The molecule has 140 valence electrons. The van der Waals surface area contributed by atoms with Crippen LogP contribution in [-0.2, 0) is 17.6 Å². The molecule has 0 aliphatic rings. The molecule has 0 unspecified atom stereocenters. The zero-order valence-corrected chi connectivity index (χ0v) is 15.3. The van der Waals surface area contributed by atoms with Gasteiger partial charge in [0.05, 0.1) is 6.42 Å². The van der Waals surface area contributed by atoms with Crippen LogP contribution >= 0.6 is 0 Å². The van der Waals surface area contributed by atoms with Crippen LogP contribution in [0, 0.1) is 12.7 Å². The average Bonchev–Trinajstić information content (AvgIpc) is 2.64. The number of benzene rings is 2. The van der Waals surface area contributed by atoms with Crippen LogP contribution in [0.1, 0.15) is 29.5 Å². The quantitative estimate of drug-likeness (QED) is 0.627. The third-order valence-electron chi connectivity index (χ3n) is 4.59. The van der Waals surface area contributed by atoms with E-state index in [1.807, 2.05) is 24.3 Å². The Morgan fingerprint density at radius 3 is 2.56 bits per heavy atom. The Bertz CT molecular complexity index is 993. The molecule has 5 heteroatoms. The zero-order valence-electron chi connectivity index (χ0n) is 15.3. The first-order valence-electron chi connectivity index (χ1n) is 9.15. The maximum atomic E-state index is 12.9. The largest absolute Gasteiger partial charge is 0.356 e. The van der Waals surface area contributed by atoms with Crippen molar-refractivity contribution in [3.05, 3.63) is 81.4 Å². The topological polar surface area (TPSA) is 62.0 Å². The first-order valence-corrected chi connectivity index (χ1v) is 9.15. The lowest BCUT2D eigenvalue weighted by molar-refractivity contribution is -0.120. The van der Waals surface area contributed by atoms with E-state index < -0.39 is 0 Å². The summed E-state index contributed by atoms with van der Waals surface area (Å²) in [5.41, 5.74) is 3.36. The van der Waals surface area contributed by atoms with Crippen LogP contribution in [0.5, 0.6) is 0 Å². The summed E-state index contributed by atoms with van der Waals surface area (Å²) in [6.07, 6.45) is 3.00. The highest BCUT2D eigenvalue weighted by Gasteiger charge is 2.05. The third-order valence-corrected chi connectivity index (χ3v) is 4.59. The Hall–Kier alpha value is -2.95. The second-order valence-corrected chi connectivity index (χ2v) is 6.81. The number of amides is 1. The van der Waals surface area contributed by atoms with Crippen LogP contribution in [0.2, 0.25) is 0 Å². The zero-order chi connectivity index (χ0) is 19.2. The molecular formula is C22H23FN2O2. The number of H-pyrrole nitrogens is 1. The normalized spacial score (nSPS) is 10.9. The number of aromatic amines is 1. The standard InChI is InChI=1S/C22H23FN2O2/c1-15-12-18-13-17(7-10-20(18)25-22(15)27)14-21(26)24-11-3-2-4-16-5-8-19(23)9-6-16/h5-10,12-13H,2-4,11,14H2,1H3,(H,24,26)(H,25,27). The second kappa shape index (κ2) is 8.62. The Morgan fingerprint density at radius 2 is 1.78 bits per heavy atom. The molecule has 0 spiro atoms. The predicted molar refractivity (Wildman–Crippen MR) is 105 cm³/mol. The molecule has 3 rings (SSSR count). The van der Waals surface area contributed by atoms with Crippen molar-refractivity contribution in [3.63, 3.8) is 0 Å². The number of rotatable bonds is 7. The van der Waals surface area contributed by atoms with Gasteiger partial charge in [-0.05, 0) is 73.0 Å². The molecule has 1 amide bonds. The van der Waals surface area contributed by atoms with Crippen LogP contribution in [0.4, 0.5) is 4.39 Å². The number of nitrogens with one attached hydrogen (secondary N) is 2. The van der Waals surface area contributed by atoms with Gasteiger partial charge in [0.2, 0.25) is 5.91 Å². The lowest BCUT2D eigenvalue weighted by Gasteiger charge is -2.07. The minimum atomic E-state index is -0.221. The molecule has 0 aliphatic carbocycles. The van der Waals surface area contributed by atoms with Crippen molar-refractivity contribution in [3.8, 4) is 0 Å².